The summed E-state index contributed by atoms with van der Waals surface area (Å²) in [5.41, 5.74) is 1.80. The molecule has 1 saturated heterocycles. The Hall–Kier alpha value is -0.613. The molecular weight excluding hydrogens is 386 g/mol. The molecular formula is C26H45NO2Si. The van der Waals surface area contributed by atoms with E-state index in [2.05, 4.69) is 60.7 Å². The minimum absolute atomic E-state index is 0.166. The van der Waals surface area contributed by atoms with Crippen LogP contribution in [0.2, 0.25) is 18.1 Å². The maximum absolute atomic E-state index is 12.4. The highest BCUT2D eigenvalue weighted by Crippen LogP contribution is 2.66. The van der Waals surface area contributed by atoms with Crippen molar-refractivity contribution in [1.82, 2.24) is 4.90 Å². The van der Waals surface area contributed by atoms with E-state index >= 15 is 0 Å². The molecule has 0 unspecified atom stereocenters. The van der Waals surface area contributed by atoms with Gasteiger partial charge in [0.25, 0.3) is 0 Å². The van der Waals surface area contributed by atoms with E-state index in [-0.39, 0.29) is 10.5 Å². The van der Waals surface area contributed by atoms with Gasteiger partial charge in [0.05, 0.1) is 6.10 Å². The molecule has 170 valence electrons. The van der Waals surface area contributed by atoms with Crippen LogP contribution in [0.1, 0.15) is 80.1 Å². The molecule has 7 atom stereocenters. The van der Waals surface area contributed by atoms with E-state index in [1.807, 2.05) is 11.9 Å². The van der Waals surface area contributed by atoms with Crippen LogP contribution in [-0.4, -0.2) is 32.3 Å². The van der Waals surface area contributed by atoms with Crippen molar-refractivity contribution in [2.24, 2.45) is 34.5 Å². The summed E-state index contributed by atoms with van der Waals surface area (Å²) in [5.74, 6) is 3.02. The fourth-order valence-corrected chi connectivity index (χ4v) is 9.02. The molecule has 0 spiro atoms. The molecule has 2 saturated carbocycles. The largest absolute Gasteiger partial charge is 0.413 e. The van der Waals surface area contributed by atoms with Gasteiger partial charge in [-0.3, -0.25) is 4.79 Å². The Kier molecular flexibility index (Phi) is 5.22. The number of allylic oxidation sites excluding steroid dienone is 2. The van der Waals surface area contributed by atoms with Gasteiger partial charge in [-0.05, 0) is 79.3 Å². The fourth-order valence-electron chi connectivity index (χ4n) is 7.57. The van der Waals surface area contributed by atoms with E-state index < -0.39 is 8.32 Å². The van der Waals surface area contributed by atoms with Crippen molar-refractivity contribution < 1.29 is 9.22 Å². The lowest BCUT2D eigenvalue weighted by molar-refractivity contribution is -0.137. The molecule has 0 N–H and O–H groups in total. The molecule has 1 aliphatic heterocycles. The summed E-state index contributed by atoms with van der Waals surface area (Å²) in [7, 11) is 0.235. The van der Waals surface area contributed by atoms with Crippen molar-refractivity contribution in [2.45, 2.75) is 104 Å². The monoisotopic (exact) mass is 431 g/mol. The Morgan fingerprint density at radius 2 is 1.77 bits per heavy atom. The molecule has 0 aromatic carbocycles. The first-order chi connectivity index (χ1) is 13.7. The number of amides is 1. The minimum atomic E-state index is -1.77. The molecule has 0 radical (unpaired) electrons. The standard InChI is InChI=1S/C26H45NO2Si/c1-17-16-20-25(5,15-13-22(28)27(20)7)19-12-14-26(6)18(23(17)19)10-11-21(26)29-30(8,9)24(2,3)4/h16-19,21,23H,10-15H2,1-9H3/t17-,18-,19-,21-,23-,25+,26-/m0/s1. The molecule has 0 bridgehead atoms. The van der Waals surface area contributed by atoms with E-state index in [0.29, 0.717) is 35.7 Å². The molecule has 3 aliphatic carbocycles. The summed E-state index contributed by atoms with van der Waals surface area (Å²) in [6.45, 7) is 19.4. The highest BCUT2D eigenvalue weighted by atomic mass is 28.4. The van der Waals surface area contributed by atoms with Crippen LogP contribution in [0.25, 0.3) is 0 Å². The van der Waals surface area contributed by atoms with Crippen LogP contribution in [0.5, 0.6) is 0 Å². The van der Waals surface area contributed by atoms with Gasteiger partial charge in [0, 0.05) is 24.6 Å². The second kappa shape index (κ2) is 6.94. The zero-order chi connectivity index (χ0) is 22.3. The van der Waals surface area contributed by atoms with Crippen LogP contribution in [0.15, 0.2) is 11.8 Å². The smallest absolute Gasteiger partial charge is 0.226 e. The van der Waals surface area contributed by atoms with Crippen LogP contribution in [0.3, 0.4) is 0 Å². The molecule has 4 aliphatic rings. The van der Waals surface area contributed by atoms with Crippen LogP contribution in [-0.2, 0) is 9.22 Å². The number of likely N-dealkylation sites (tertiary alicyclic amines) is 1. The molecule has 4 rings (SSSR count). The van der Waals surface area contributed by atoms with E-state index in [0.717, 1.165) is 18.3 Å². The third kappa shape index (κ3) is 3.10. The predicted molar refractivity (Wildman–Crippen MR) is 126 cm³/mol. The molecule has 0 aromatic rings. The molecule has 1 heterocycles. The summed E-state index contributed by atoms with van der Waals surface area (Å²) in [6, 6.07) is 0. The number of nitrogens with zero attached hydrogens (tertiary/aromatic N) is 1. The quantitative estimate of drug-likeness (QED) is 0.460. The second-order valence-corrected chi connectivity index (χ2v) is 17.8. The Balaban J connectivity index is 1.64. The average molecular weight is 432 g/mol. The van der Waals surface area contributed by atoms with Gasteiger partial charge in [0.15, 0.2) is 8.32 Å². The highest BCUT2D eigenvalue weighted by molar-refractivity contribution is 6.74. The Bertz CT molecular complexity index is 753. The summed E-state index contributed by atoms with van der Waals surface area (Å²) in [6.07, 6.45) is 9.76. The van der Waals surface area contributed by atoms with Gasteiger partial charge in [-0.25, -0.2) is 0 Å². The van der Waals surface area contributed by atoms with Crippen molar-refractivity contribution in [3.63, 3.8) is 0 Å². The van der Waals surface area contributed by atoms with Gasteiger partial charge in [0.1, 0.15) is 0 Å². The van der Waals surface area contributed by atoms with Crippen LogP contribution in [0.4, 0.5) is 0 Å². The van der Waals surface area contributed by atoms with Crippen molar-refractivity contribution in [1.29, 1.82) is 0 Å². The van der Waals surface area contributed by atoms with Crippen molar-refractivity contribution in [2.75, 3.05) is 7.05 Å². The van der Waals surface area contributed by atoms with E-state index in [9.17, 15) is 4.79 Å². The van der Waals surface area contributed by atoms with Crippen LogP contribution in [0, 0.1) is 34.5 Å². The average Bonchev–Trinajstić information content (AvgIpc) is 2.95. The minimum Gasteiger partial charge on any atom is -0.413 e. The first kappa shape index (κ1) is 22.6. The SMILES string of the molecule is C[C@H]1C=C2N(C)C(=O)CC[C@]2(C)[C@H]2CC[C@]3(C)[C@@H](O[Si](C)(C)C(C)(C)C)CC[C@H]3[C@H]12. The molecule has 4 heteroatoms. The first-order valence-electron chi connectivity index (χ1n) is 12.4. The van der Waals surface area contributed by atoms with Gasteiger partial charge in [-0.2, -0.15) is 0 Å². The Morgan fingerprint density at radius 3 is 2.40 bits per heavy atom. The molecule has 0 aromatic heterocycles. The van der Waals surface area contributed by atoms with E-state index in [4.69, 9.17) is 4.43 Å². The number of hydrogen-bond acceptors (Lipinski definition) is 2. The third-order valence-corrected chi connectivity index (χ3v) is 15.0. The topological polar surface area (TPSA) is 29.5 Å². The molecule has 3 fully saturated rings. The van der Waals surface area contributed by atoms with Gasteiger partial charge in [-0.1, -0.05) is 47.6 Å². The number of piperidine rings is 1. The number of carbonyl (C=O) groups excluding carboxylic acids is 1. The second-order valence-electron chi connectivity index (χ2n) is 13.1. The zero-order valence-electron chi connectivity index (χ0n) is 21.0. The zero-order valence-corrected chi connectivity index (χ0v) is 22.0. The van der Waals surface area contributed by atoms with E-state index in [1.54, 1.807) is 0 Å². The Labute approximate surface area is 186 Å². The summed E-state index contributed by atoms with van der Waals surface area (Å²) in [4.78, 5) is 14.4. The lowest BCUT2D eigenvalue weighted by atomic mass is 9.47. The maximum atomic E-state index is 12.4. The van der Waals surface area contributed by atoms with Crippen molar-refractivity contribution >= 4 is 14.2 Å². The normalized spacial score (nSPS) is 44.3. The summed E-state index contributed by atoms with van der Waals surface area (Å²) < 4.78 is 7.08. The van der Waals surface area contributed by atoms with Crippen molar-refractivity contribution in [3.8, 4) is 0 Å². The third-order valence-electron chi connectivity index (χ3n) is 10.5. The molecule has 1 amide bonds. The predicted octanol–water partition coefficient (Wildman–Crippen LogP) is 6.61. The summed E-state index contributed by atoms with van der Waals surface area (Å²) >= 11 is 0. The van der Waals surface area contributed by atoms with Crippen molar-refractivity contribution in [3.05, 3.63) is 11.8 Å². The number of carbonyl (C=O) groups is 1. The summed E-state index contributed by atoms with van der Waals surface area (Å²) in [5, 5.41) is 0.265. The highest BCUT2D eigenvalue weighted by Gasteiger charge is 2.62. The maximum Gasteiger partial charge on any atom is 0.226 e. The van der Waals surface area contributed by atoms with Gasteiger partial charge >= 0.3 is 0 Å². The van der Waals surface area contributed by atoms with Gasteiger partial charge < -0.3 is 9.33 Å². The molecule has 30 heavy (non-hydrogen) atoms. The lowest BCUT2D eigenvalue weighted by Gasteiger charge is -2.60. The van der Waals surface area contributed by atoms with Gasteiger partial charge in [0.2, 0.25) is 5.91 Å². The number of hydrogen-bond donors (Lipinski definition) is 0. The van der Waals surface area contributed by atoms with E-state index in [1.165, 1.54) is 31.4 Å². The lowest BCUT2D eigenvalue weighted by Crippen LogP contribution is -2.57. The van der Waals surface area contributed by atoms with Crippen LogP contribution < -0.4 is 0 Å². The fraction of sp³-hybridized carbons (Fsp3) is 0.885. The number of fused-ring (bicyclic) bond motifs is 5. The van der Waals surface area contributed by atoms with Gasteiger partial charge in [-0.15, -0.1) is 0 Å². The number of rotatable bonds is 2. The Morgan fingerprint density at radius 1 is 1.10 bits per heavy atom. The molecule has 3 nitrogen and oxygen atoms in total. The van der Waals surface area contributed by atoms with Crippen LogP contribution >= 0.6 is 0 Å². The first-order valence-corrected chi connectivity index (χ1v) is 15.3.